The van der Waals surface area contributed by atoms with Crippen LogP contribution in [-0.4, -0.2) is 28.2 Å². The van der Waals surface area contributed by atoms with Crippen molar-refractivity contribution in [2.24, 2.45) is 0 Å². The predicted octanol–water partition coefficient (Wildman–Crippen LogP) is 1.84. The maximum Gasteiger partial charge on any atom is 0.415 e. The number of nitrogens with zero attached hydrogens (tertiary/aromatic N) is 2. The quantitative estimate of drug-likeness (QED) is 0.618. The molecule has 1 aromatic heterocycles. The van der Waals surface area contributed by atoms with Gasteiger partial charge in [0, 0.05) is 10.6 Å². The van der Waals surface area contributed by atoms with Gasteiger partial charge >= 0.3 is 6.09 Å². The SMILES string of the molecule is O=C1OC(CI)CN1c1ccccn1. The number of hydrogen-bond donors (Lipinski definition) is 0. The van der Waals surface area contributed by atoms with Crippen molar-refractivity contribution in [1.29, 1.82) is 0 Å². The van der Waals surface area contributed by atoms with E-state index in [1.165, 1.54) is 0 Å². The molecule has 1 atom stereocenters. The highest BCUT2D eigenvalue weighted by Crippen LogP contribution is 2.19. The van der Waals surface area contributed by atoms with E-state index in [0.29, 0.717) is 12.4 Å². The van der Waals surface area contributed by atoms with E-state index in [4.69, 9.17) is 4.74 Å². The number of cyclic esters (lactones) is 1. The molecule has 1 fully saturated rings. The third-order valence-electron chi connectivity index (χ3n) is 1.97. The summed E-state index contributed by atoms with van der Waals surface area (Å²) in [4.78, 5) is 17.1. The summed E-state index contributed by atoms with van der Waals surface area (Å²) in [5.41, 5.74) is 0. The number of alkyl halides is 1. The number of carbonyl (C=O) groups excluding carboxylic acids is 1. The molecule has 14 heavy (non-hydrogen) atoms. The molecule has 0 aromatic carbocycles. The fraction of sp³-hybridized carbons (Fsp3) is 0.333. The van der Waals surface area contributed by atoms with Crippen molar-refractivity contribution in [2.75, 3.05) is 15.9 Å². The van der Waals surface area contributed by atoms with Crippen LogP contribution in [0.3, 0.4) is 0 Å². The summed E-state index contributed by atoms with van der Waals surface area (Å²) >= 11 is 2.20. The van der Waals surface area contributed by atoms with Crippen molar-refractivity contribution >= 4 is 34.5 Å². The molecular formula is C9H9IN2O2. The molecule has 2 rings (SSSR count). The summed E-state index contributed by atoms with van der Waals surface area (Å²) < 4.78 is 5.93. The van der Waals surface area contributed by atoms with E-state index in [1.807, 2.05) is 12.1 Å². The number of pyridine rings is 1. The summed E-state index contributed by atoms with van der Waals surface area (Å²) in [6.07, 6.45) is 1.36. The van der Waals surface area contributed by atoms with Gasteiger partial charge in [-0.3, -0.25) is 4.90 Å². The Balaban J connectivity index is 2.17. The number of amides is 1. The number of hydrogen-bond acceptors (Lipinski definition) is 3. The summed E-state index contributed by atoms with van der Waals surface area (Å²) in [5, 5.41) is 0. The number of anilines is 1. The van der Waals surface area contributed by atoms with Crippen molar-refractivity contribution in [3.63, 3.8) is 0 Å². The minimum atomic E-state index is -0.301. The first-order chi connectivity index (χ1) is 6.81. The van der Waals surface area contributed by atoms with E-state index in [-0.39, 0.29) is 12.2 Å². The third-order valence-corrected chi connectivity index (χ3v) is 2.95. The number of rotatable bonds is 2. The molecule has 0 bridgehead atoms. The number of aromatic nitrogens is 1. The molecule has 1 saturated heterocycles. The lowest BCUT2D eigenvalue weighted by Gasteiger charge is -2.10. The van der Waals surface area contributed by atoms with Crippen LogP contribution in [0.25, 0.3) is 0 Å². The van der Waals surface area contributed by atoms with Crippen LogP contribution >= 0.6 is 22.6 Å². The molecule has 1 amide bonds. The largest absolute Gasteiger partial charge is 0.443 e. The van der Waals surface area contributed by atoms with Crippen molar-refractivity contribution in [3.05, 3.63) is 24.4 Å². The van der Waals surface area contributed by atoms with Crippen LogP contribution in [0.1, 0.15) is 0 Å². The monoisotopic (exact) mass is 304 g/mol. The molecule has 0 saturated carbocycles. The van der Waals surface area contributed by atoms with Gasteiger partial charge < -0.3 is 4.74 Å². The lowest BCUT2D eigenvalue weighted by atomic mass is 10.4. The summed E-state index contributed by atoms with van der Waals surface area (Å²) in [5.74, 6) is 0.657. The Bertz CT molecular complexity index is 331. The average Bonchev–Trinajstić information content (AvgIpc) is 2.61. The second-order valence-corrected chi connectivity index (χ2v) is 3.84. The van der Waals surface area contributed by atoms with Crippen LogP contribution in [0.2, 0.25) is 0 Å². The summed E-state index contributed by atoms with van der Waals surface area (Å²) in [6.45, 7) is 0.596. The van der Waals surface area contributed by atoms with Gasteiger partial charge in [0.1, 0.15) is 11.9 Å². The van der Waals surface area contributed by atoms with Crippen molar-refractivity contribution < 1.29 is 9.53 Å². The van der Waals surface area contributed by atoms with Gasteiger partial charge in [0.2, 0.25) is 0 Å². The molecule has 1 aromatic rings. The van der Waals surface area contributed by atoms with Crippen LogP contribution in [-0.2, 0) is 4.74 Å². The van der Waals surface area contributed by atoms with Crippen LogP contribution in [0.15, 0.2) is 24.4 Å². The highest BCUT2D eigenvalue weighted by atomic mass is 127. The minimum Gasteiger partial charge on any atom is -0.443 e. The predicted molar refractivity (Wildman–Crippen MR) is 60.7 cm³/mol. The zero-order valence-corrected chi connectivity index (χ0v) is 9.55. The molecule has 4 nitrogen and oxygen atoms in total. The molecule has 0 spiro atoms. The standard InChI is InChI=1S/C9H9IN2O2/c10-5-7-6-12(9(13)14-7)8-3-1-2-4-11-8/h1-4,7H,5-6H2. The van der Waals surface area contributed by atoms with Crippen molar-refractivity contribution in [2.45, 2.75) is 6.10 Å². The molecule has 1 unspecified atom stereocenters. The topological polar surface area (TPSA) is 42.4 Å². The van der Waals surface area contributed by atoms with E-state index >= 15 is 0 Å². The lowest BCUT2D eigenvalue weighted by molar-refractivity contribution is 0.152. The normalized spacial score (nSPS) is 21.1. The average molecular weight is 304 g/mol. The Labute approximate surface area is 95.4 Å². The molecule has 1 aliphatic heterocycles. The number of ether oxygens (including phenoxy) is 1. The van der Waals surface area contributed by atoms with E-state index < -0.39 is 0 Å². The molecule has 5 heteroatoms. The second kappa shape index (κ2) is 4.12. The summed E-state index contributed by atoms with van der Waals surface area (Å²) in [6, 6.07) is 5.48. The van der Waals surface area contributed by atoms with Crippen LogP contribution in [0.4, 0.5) is 10.6 Å². The fourth-order valence-electron chi connectivity index (χ4n) is 1.30. The highest BCUT2D eigenvalue weighted by molar-refractivity contribution is 14.1. The first-order valence-corrected chi connectivity index (χ1v) is 5.79. The Kier molecular flexibility index (Phi) is 2.85. The van der Waals surface area contributed by atoms with Gasteiger partial charge in [0.05, 0.1) is 6.54 Å². The van der Waals surface area contributed by atoms with Gasteiger partial charge in [0.25, 0.3) is 0 Å². The zero-order chi connectivity index (χ0) is 9.97. The van der Waals surface area contributed by atoms with Gasteiger partial charge in [-0.2, -0.15) is 0 Å². The molecule has 0 N–H and O–H groups in total. The van der Waals surface area contributed by atoms with E-state index in [0.717, 1.165) is 4.43 Å². The third kappa shape index (κ3) is 1.82. The van der Waals surface area contributed by atoms with Crippen molar-refractivity contribution in [1.82, 2.24) is 4.98 Å². The molecule has 0 radical (unpaired) electrons. The van der Waals surface area contributed by atoms with Gasteiger partial charge in [-0.15, -0.1) is 0 Å². The van der Waals surface area contributed by atoms with E-state index in [2.05, 4.69) is 27.6 Å². The maximum atomic E-state index is 11.4. The summed E-state index contributed by atoms with van der Waals surface area (Å²) in [7, 11) is 0. The molecule has 1 aliphatic rings. The fourth-order valence-corrected chi connectivity index (χ4v) is 1.76. The highest BCUT2D eigenvalue weighted by Gasteiger charge is 2.31. The zero-order valence-electron chi connectivity index (χ0n) is 7.39. The van der Waals surface area contributed by atoms with Crippen LogP contribution < -0.4 is 4.90 Å². The van der Waals surface area contributed by atoms with E-state index in [1.54, 1.807) is 17.2 Å². The molecule has 2 heterocycles. The van der Waals surface area contributed by atoms with Gasteiger partial charge in [0.15, 0.2) is 0 Å². The van der Waals surface area contributed by atoms with E-state index in [9.17, 15) is 4.79 Å². The molecule has 74 valence electrons. The lowest BCUT2D eigenvalue weighted by Crippen LogP contribution is -2.25. The minimum absolute atomic E-state index is 0.00916. The van der Waals surface area contributed by atoms with Crippen LogP contribution in [0, 0.1) is 0 Å². The van der Waals surface area contributed by atoms with Gasteiger partial charge in [-0.1, -0.05) is 28.7 Å². The van der Waals surface area contributed by atoms with Gasteiger partial charge in [-0.25, -0.2) is 9.78 Å². The Morgan fingerprint density at radius 2 is 2.50 bits per heavy atom. The van der Waals surface area contributed by atoms with Crippen molar-refractivity contribution in [3.8, 4) is 0 Å². The smallest absolute Gasteiger partial charge is 0.415 e. The molecular weight excluding hydrogens is 295 g/mol. The van der Waals surface area contributed by atoms with Gasteiger partial charge in [-0.05, 0) is 12.1 Å². The maximum absolute atomic E-state index is 11.4. The molecule has 0 aliphatic carbocycles. The number of halogens is 1. The first kappa shape index (κ1) is 9.70. The van der Waals surface area contributed by atoms with Crippen LogP contribution in [0.5, 0.6) is 0 Å². The first-order valence-electron chi connectivity index (χ1n) is 4.26. The Morgan fingerprint density at radius 3 is 3.07 bits per heavy atom. The Morgan fingerprint density at radius 1 is 1.64 bits per heavy atom. The second-order valence-electron chi connectivity index (χ2n) is 2.96. The Hall–Kier alpha value is -0.850. The number of carbonyl (C=O) groups is 1.